The summed E-state index contributed by atoms with van der Waals surface area (Å²) in [5.74, 6) is -1.16. The first-order valence-electron chi connectivity index (χ1n) is 6.02. The molecule has 5 heteroatoms. The molecule has 20 heavy (non-hydrogen) atoms. The second kappa shape index (κ2) is 6.33. The highest BCUT2D eigenvalue weighted by atomic mass is 79.9. The van der Waals surface area contributed by atoms with E-state index in [-0.39, 0.29) is 10.0 Å². The van der Waals surface area contributed by atoms with E-state index in [1.54, 1.807) is 7.05 Å². The van der Waals surface area contributed by atoms with Crippen LogP contribution in [0.3, 0.4) is 0 Å². The van der Waals surface area contributed by atoms with Crippen molar-refractivity contribution in [1.82, 2.24) is 5.32 Å². The van der Waals surface area contributed by atoms with E-state index in [2.05, 4.69) is 37.2 Å². The number of halogens is 4. The van der Waals surface area contributed by atoms with Crippen LogP contribution in [0, 0.1) is 18.6 Å². The van der Waals surface area contributed by atoms with Crippen LogP contribution in [-0.2, 0) is 0 Å². The van der Waals surface area contributed by atoms with Crippen molar-refractivity contribution in [2.75, 3.05) is 7.05 Å². The zero-order chi connectivity index (χ0) is 14.9. The minimum absolute atomic E-state index is 0.00595. The second-order valence-corrected chi connectivity index (χ2v) is 6.21. The van der Waals surface area contributed by atoms with Crippen LogP contribution in [-0.4, -0.2) is 7.05 Å². The third-order valence-corrected chi connectivity index (χ3v) is 4.42. The van der Waals surface area contributed by atoms with Crippen LogP contribution in [0.15, 0.2) is 39.3 Å². The Kier molecular flexibility index (Phi) is 4.94. The van der Waals surface area contributed by atoms with Crippen LogP contribution in [0.1, 0.15) is 22.7 Å². The first-order chi connectivity index (χ1) is 9.45. The van der Waals surface area contributed by atoms with Crippen molar-refractivity contribution in [3.63, 3.8) is 0 Å². The van der Waals surface area contributed by atoms with Crippen molar-refractivity contribution < 1.29 is 8.78 Å². The average Bonchev–Trinajstić information content (AvgIpc) is 2.40. The third kappa shape index (κ3) is 2.95. The van der Waals surface area contributed by atoms with E-state index in [4.69, 9.17) is 0 Å². The molecule has 0 aliphatic carbocycles. The van der Waals surface area contributed by atoms with Crippen molar-refractivity contribution in [1.29, 1.82) is 0 Å². The van der Waals surface area contributed by atoms with Crippen molar-refractivity contribution in [2.24, 2.45) is 0 Å². The molecule has 1 unspecified atom stereocenters. The van der Waals surface area contributed by atoms with Gasteiger partial charge in [-0.2, -0.15) is 0 Å². The van der Waals surface area contributed by atoms with Gasteiger partial charge in [0.05, 0.1) is 10.5 Å². The molecule has 0 heterocycles. The molecular formula is C15H13Br2F2N. The fourth-order valence-electron chi connectivity index (χ4n) is 2.13. The van der Waals surface area contributed by atoms with Gasteiger partial charge in [0.15, 0.2) is 0 Å². The van der Waals surface area contributed by atoms with E-state index in [1.807, 2.05) is 25.1 Å². The highest BCUT2D eigenvalue weighted by Crippen LogP contribution is 2.34. The number of hydrogen-bond acceptors (Lipinski definition) is 1. The zero-order valence-electron chi connectivity index (χ0n) is 11.0. The van der Waals surface area contributed by atoms with Gasteiger partial charge in [-0.3, -0.25) is 0 Å². The summed E-state index contributed by atoms with van der Waals surface area (Å²) in [7, 11) is 1.68. The molecule has 2 rings (SSSR count). The van der Waals surface area contributed by atoms with Gasteiger partial charge in [0.2, 0.25) is 0 Å². The maximum Gasteiger partial charge on any atom is 0.145 e. The summed E-state index contributed by atoms with van der Waals surface area (Å²) in [6.07, 6.45) is 0. The van der Waals surface area contributed by atoms with Gasteiger partial charge in [-0.15, -0.1) is 0 Å². The summed E-state index contributed by atoms with van der Waals surface area (Å²) in [4.78, 5) is 0. The van der Waals surface area contributed by atoms with Crippen molar-refractivity contribution in [2.45, 2.75) is 13.0 Å². The molecule has 2 aromatic rings. The van der Waals surface area contributed by atoms with E-state index in [0.717, 1.165) is 15.6 Å². The monoisotopic (exact) mass is 403 g/mol. The van der Waals surface area contributed by atoms with Gasteiger partial charge in [-0.1, -0.05) is 28.1 Å². The number of benzene rings is 2. The van der Waals surface area contributed by atoms with Crippen LogP contribution in [0.2, 0.25) is 0 Å². The molecule has 0 spiro atoms. The van der Waals surface area contributed by atoms with E-state index in [9.17, 15) is 8.78 Å². The summed E-state index contributed by atoms with van der Waals surface area (Å²) < 4.78 is 29.4. The Morgan fingerprint density at radius 2 is 1.75 bits per heavy atom. The Bertz CT molecular complexity index is 644. The van der Waals surface area contributed by atoms with E-state index in [0.29, 0.717) is 0 Å². The normalized spacial score (nSPS) is 12.5. The Balaban J connectivity index is 2.61. The number of hydrogen-bond donors (Lipinski definition) is 1. The molecule has 0 saturated carbocycles. The molecule has 1 N–H and O–H groups in total. The highest BCUT2D eigenvalue weighted by molar-refractivity contribution is 9.10. The van der Waals surface area contributed by atoms with Gasteiger partial charge in [-0.05, 0) is 59.2 Å². The van der Waals surface area contributed by atoms with Crippen molar-refractivity contribution >= 4 is 31.9 Å². The lowest BCUT2D eigenvalue weighted by Gasteiger charge is -2.20. The second-order valence-electron chi connectivity index (χ2n) is 4.50. The van der Waals surface area contributed by atoms with Gasteiger partial charge < -0.3 is 5.32 Å². The Hall–Kier alpha value is -0.780. The van der Waals surface area contributed by atoms with Crippen molar-refractivity contribution in [3.05, 3.63) is 67.6 Å². The van der Waals surface area contributed by atoms with Crippen molar-refractivity contribution in [3.8, 4) is 0 Å². The largest absolute Gasteiger partial charge is 0.309 e. The van der Waals surface area contributed by atoms with Gasteiger partial charge in [0, 0.05) is 10.0 Å². The smallest absolute Gasteiger partial charge is 0.145 e. The summed E-state index contributed by atoms with van der Waals surface area (Å²) in [5, 5.41) is 2.97. The summed E-state index contributed by atoms with van der Waals surface area (Å²) in [6.45, 7) is 1.96. The number of rotatable bonds is 3. The van der Waals surface area contributed by atoms with Gasteiger partial charge in [0.1, 0.15) is 11.6 Å². The highest BCUT2D eigenvalue weighted by Gasteiger charge is 2.23. The predicted molar refractivity (Wildman–Crippen MR) is 83.8 cm³/mol. The van der Waals surface area contributed by atoms with Crippen LogP contribution in [0.4, 0.5) is 8.78 Å². The summed E-state index contributed by atoms with van der Waals surface area (Å²) in [6, 6.07) is 7.76. The SMILES string of the molecule is CNC(c1ccc(C)cc1Br)c1c(F)ccc(Br)c1F. The molecule has 106 valence electrons. The molecule has 0 radical (unpaired) electrons. The fourth-order valence-corrected chi connectivity index (χ4v) is 3.20. The van der Waals surface area contributed by atoms with Gasteiger partial charge in [-0.25, -0.2) is 8.78 Å². The Labute approximate surface area is 133 Å². The van der Waals surface area contributed by atoms with E-state index >= 15 is 0 Å². The molecule has 0 aliphatic heterocycles. The molecule has 0 bridgehead atoms. The molecule has 2 aromatic carbocycles. The lowest BCUT2D eigenvalue weighted by molar-refractivity contribution is 0.518. The fraction of sp³-hybridized carbons (Fsp3) is 0.200. The van der Waals surface area contributed by atoms with Crippen LogP contribution >= 0.6 is 31.9 Å². The first kappa shape index (κ1) is 15.6. The minimum Gasteiger partial charge on any atom is -0.309 e. The maximum absolute atomic E-state index is 14.3. The standard InChI is InChI=1S/C15H13Br2F2N/c1-8-3-4-9(11(17)7-8)15(20-2)13-12(18)6-5-10(16)14(13)19/h3-7,15,20H,1-2H3. The topological polar surface area (TPSA) is 12.0 Å². The maximum atomic E-state index is 14.3. The first-order valence-corrected chi connectivity index (χ1v) is 7.61. The van der Waals surface area contributed by atoms with Crippen LogP contribution in [0.25, 0.3) is 0 Å². The molecule has 1 atom stereocenters. The van der Waals surface area contributed by atoms with Crippen LogP contribution in [0.5, 0.6) is 0 Å². The predicted octanol–water partition coefficient (Wildman–Crippen LogP) is 5.11. The Morgan fingerprint density at radius 3 is 2.35 bits per heavy atom. The zero-order valence-corrected chi connectivity index (χ0v) is 14.1. The van der Waals surface area contributed by atoms with Gasteiger partial charge in [0.25, 0.3) is 0 Å². The molecule has 0 saturated heterocycles. The number of nitrogens with one attached hydrogen (secondary N) is 1. The Morgan fingerprint density at radius 1 is 1.05 bits per heavy atom. The van der Waals surface area contributed by atoms with E-state index in [1.165, 1.54) is 12.1 Å². The molecule has 0 amide bonds. The van der Waals surface area contributed by atoms with Gasteiger partial charge >= 0.3 is 0 Å². The molecule has 0 fully saturated rings. The molecule has 0 aromatic heterocycles. The lowest BCUT2D eigenvalue weighted by Crippen LogP contribution is -2.21. The van der Waals surface area contributed by atoms with E-state index < -0.39 is 17.7 Å². The third-order valence-electron chi connectivity index (χ3n) is 3.12. The minimum atomic E-state index is -0.586. The summed E-state index contributed by atoms with van der Waals surface area (Å²) in [5.41, 5.74) is 1.87. The molecule has 0 aliphatic rings. The summed E-state index contributed by atoms with van der Waals surface area (Å²) >= 11 is 6.56. The average molecular weight is 405 g/mol. The number of aryl methyl sites for hydroxylation is 1. The molecular weight excluding hydrogens is 392 g/mol. The molecule has 1 nitrogen and oxygen atoms in total. The quantitative estimate of drug-likeness (QED) is 0.701. The van der Waals surface area contributed by atoms with Crippen LogP contribution < -0.4 is 5.32 Å². The lowest BCUT2D eigenvalue weighted by atomic mass is 9.97.